The molecule has 2 rings (SSSR count). The van der Waals surface area contributed by atoms with Gasteiger partial charge in [-0.05, 0) is 41.2 Å². The van der Waals surface area contributed by atoms with Crippen LogP contribution in [0.4, 0.5) is 5.69 Å². The van der Waals surface area contributed by atoms with Crippen molar-refractivity contribution in [1.29, 1.82) is 0 Å². The number of carbonyl (C=O) groups excluding carboxylic acids is 1. The molecule has 0 radical (unpaired) electrons. The zero-order chi connectivity index (χ0) is 18.6. The molecule has 0 spiro atoms. The van der Waals surface area contributed by atoms with Gasteiger partial charge >= 0.3 is 0 Å². The van der Waals surface area contributed by atoms with Gasteiger partial charge in [-0.15, -0.1) is 0 Å². The van der Waals surface area contributed by atoms with Crippen LogP contribution >= 0.6 is 15.9 Å². The number of halogens is 1. The van der Waals surface area contributed by atoms with Gasteiger partial charge in [0.1, 0.15) is 5.75 Å². The van der Waals surface area contributed by atoms with Gasteiger partial charge in [0.2, 0.25) is 0 Å². The molecule has 0 fully saturated rings. The largest absolute Gasteiger partial charge is 0.483 e. The average Bonchev–Trinajstić information content (AvgIpc) is 2.53. The number of nitrogens with one attached hydrogen (secondary N) is 1. The summed E-state index contributed by atoms with van der Waals surface area (Å²) in [5.41, 5.74) is 2.96. The fourth-order valence-corrected chi connectivity index (χ4v) is 3.02. The molecule has 0 bridgehead atoms. The summed E-state index contributed by atoms with van der Waals surface area (Å²) in [4.78, 5) is 12.3. The lowest BCUT2D eigenvalue weighted by molar-refractivity contribution is -0.118. The van der Waals surface area contributed by atoms with Crippen molar-refractivity contribution in [3.05, 3.63) is 58.1 Å². The number of hydrogen-bond donors (Lipinski definition) is 1. The van der Waals surface area contributed by atoms with Gasteiger partial charge in [0.25, 0.3) is 5.91 Å². The molecule has 0 saturated carbocycles. The molecule has 0 unspecified atom stereocenters. The normalized spacial score (nSPS) is 11.5. The Bertz CT molecular complexity index is 748. The lowest BCUT2D eigenvalue weighted by Gasteiger charge is -2.23. The van der Waals surface area contributed by atoms with Gasteiger partial charge in [0.05, 0.1) is 0 Å². The summed E-state index contributed by atoms with van der Waals surface area (Å²) in [7, 11) is 0. The van der Waals surface area contributed by atoms with Crippen molar-refractivity contribution in [2.75, 3.05) is 11.9 Å². The number of amides is 1. The van der Waals surface area contributed by atoms with Gasteiger partial charge in [-0.25, -0.2) is 0 Å². The first kappa shape index (κ1) is 19.5. The molecule has 1 N–H and O–H groups in total. The molecule has 0 aliphatic heterocycles. The van der Waals surface area contributed by atoms with Gasteiger partial charge in [-0.1, -0.05) is 68.7 Å². The van der Waals surface area contributed by atoms with E-state index in [0.717, 1.165) is 27.0 Å². The zero-order valence-corrected chi connectivity index (χ0v) is 17.1. The topological polar surface area (TPSA) is 38.3 Å². The molecule has 4 heteroatoms. The van der Waals surface area contributed by atoms with E-state index in [2.05, 4.69) is 55.9 Å². The van der Waals surface area contributed by atoms with Crippen LogP contribution in [0.15, 0.2) is 46.9 Å². The molecule has 0 atom stereocenters. The summed E-state index contributed by atoms with van der Waals surface area (Å²) in [5.74, 6) is 0.926. The Kier molecular flexibility index (Phi) is 6.28. The van der Waals surface area contributed by atoms with Crippen LogP contribution in [-0.2, 0) is 10.2 Å². The highest BCUT2D eigenvalue weighted by Crippen LogP contribution is 2.33. The fourth-order valence-electron chi connectivity index (χ4n) is 2.66. The van der Waals surface area contributed by atoms with Gasteiger partial charge in [-0.3, -0.25) is 4.79 Å². The maximum atomic E-state index is 12.3. The predicted octanol–water partition coefficient (Wildman–Crippen LogP) is 5.89. The van der Waals surface area contributed by atoms with Crippen LogP contribution in [0, 0.1) is 0 Å². The quantitative estimate of drug-likeness (QED) is 0.675. The maximum absolute atomic E-state index is 12.3. The predicted molar refractivity (Wildman–Crippen MR) is 107 cm³/mol. The Morgan fingerprint density at radius 1 is 1.16 bits per heavy atom. The second kappa shape index (κ2) is 8.05. The fraction of sp³-hybridized carbons (Fsp3) is 0.381. The lowest BCUT2D eigenvalue weighted by Crippen LogP contribution is -2.22. The monoisotopic (exact) mass is 403 g/mol. The molecule has 0 saturated heterocycles. The first-order valence-electron chi connectivity index (χ1n) is 8.50. The third-order valence-electron chi connectivity index (χ3n) is 3.97. The first-order chi connectivity index (χ1) is 11.7. The van der Waals surface area contributed by atoms with Crippen molar-refractivity contribution >= 4 is 27.5 Å². The highest BCUT2D eigenvalue weighted by Gasteiger charge is 2.20. The minimum Gasteiger partial charge on any atom is -0.483 e. The molecule has 0 aliphatic rings. The second-order valence-electron chi connectivity index (χ2n) is 7.47. The average molecular weight is 404 g/mol. The summed E-state index contributed by atoms with van der Waals surface area (Å²) >= 11 is 3.50. The van der Waals surface area contributed by atoms with Gasteiger partial charge < -0.3 is 10.1 Å². The molecule has 2 aromatic carbocycles. The molecular weight excluding hydrogens is 378 g/mol. The molecule has 2 aromatic rings. The Morgan fingerprint density at radius 2 is 1.84 bits per heavy atom. The summed E-state index contributed by atoms with van der Waals surface area (Å²) in [5, 5.41) is 2.96. The van der Waals surface area contributed by atoms with Crippen molar-refractivity contribution in [3.63, 3.8) is 0 Å². The third kappa shape index (κ3) is 5.33. The number of hydrogen-bond acceptors (Lipinski definition) is 2. The second-order valence-corrected chi connectivity index (χ2v) is 8.38. The molecule has 134 valence electrons. The van der Waals surface area contributed by atoms with E-state index in [1.165, 1.54) is 0 Å². The molecular formula is C21H26BrNO2. The van der Waals surface area contributed by atoms with Crippen LogP contribution in [0.1, 0.15) is 51.7 Å². The van der Waals surface area contributed by atoms with E-state index in [0.29, 0.717) is 5.92 Å². The molecule has 3 nitrogen and oxygen atoms in total. The summed E-state index contributed by atoms with van der Waals surface area (Å²) in [6, 6.07) is 13.7. The molecule has 25 heavy (non-hydrogen) atoms. The van der Waals surface area contributed by atoms with Crippen molar-refractivity contribution in [1.82, 2.24) is 0 Å². The van der Waals surface area contributed by atoms with Crippen LogP contribution < -0.4 is 10.1 Å². The summed E-state index contributed by atoms with van der Waals surface area (Å²) < 4.78 is 6.82. The SMILES string of the molecule is CC(C)c1ccccc1NC(=O)COc1ccc(Br)cc1C(C)(C)C. The van der Waals surface area contributed by atoms with Crippen molar-refractivity contribution < 1.29 is 9.53 Å². The zero-order valence-electron chi connectivity index (χ0n) is 15.5. The lowest BCUT2D eigenvalue weighted by atomic mass is 9.86. The van der Waals surface area contributed by atoms with E-state index in [-0.39, 0.29) is 17.9 Å². The minimum atomic E-state index is -0.157. The Morgan fingerprint density at radius 3 is 2.48 bits per heavy atom. The highest BCUT2D eigenvalue weighted by atomic mass is 79.9. The van der Waals surface area contributed by atoms with Crippen molar-refractivity contribution in [3.8, 4) is 5.75 Å². The van der Waals surface area contributed by atoms with E-state index in [1.54, 1.807) is 0 Å². The smallest absolute Gasteiger partial charge is 0.262 e. The number of para-hydroxylation sites is 1. The number of carbonyl (C=O) groups is 1. The van der Waals surface area contributed by atoms with Gasteiger partial charge in [0, 0.05) is 15.7 Å². The number of anilines is 1. The van der Waals surface area contributed by atoms with E-state index in [4.69, 9.17) is 4.74 Å². The van der Waals surface area contributed by atoms with E-state index in [9.17, 15) is 4.79 Å². The van der Waals surface area contributed by atoms with Crippen LogP contribution in [-0.4, -0.2) is 12.5 Å². The highest BCUT2D eigenvalue weighted by molar-refractivity contribution is 9.10. The molecule has 0 aliphatic carbocycles. The maximum Gasteiger partial charge on any atom is 0.262 e. The summed E-state index contributed by atoms with van der Waals surface area (Å²) in [6.45, 7) is 10.6. The van der Waals surface area contributed by atoms with Gasteiger partial charge in [0.15, 0.2) is 6.61 Å². The van der Waals surface area contributed by atoms with Crippen LogP contribution in [0.5, 0.6) is 5.75 Å². The first-order valence-corrected chi connectivity index (χ1v) is 9.29. The number of rotatable bonds is 5. The molecule has 1 amide bonds. The van der Waals surface area contributed by atoms with Gasteiger partial charge in [-0.2, -0.15) is 0 Å². The van der Waals surface area contributed by atoms with Crippen LogP contribution in [0.2, 0.25) is 0 Å². The standard InChI is InChI=1S/C21H26BrNO2/c1-14(2)16-8-6-7-9-18(16)23-20(24)13-25-19-11-10-15(22)12-17(19)21(3,4)5/h6-12,14H,13H2,1-5H3,(H,23,24). The van der Waals surface area contributed by atoms with E-state index < -0.39 is 0 Å². The van der Waals surface area contributed by atoms with Crippen molar-refractivity contribution in [2.24, 2.45) is 0 Å². The van der Waals surface area contributed by atoms with Crippen LogP contribution in [0.25, 0.3) is 0 Å². The molecule has 0 aromatic heterocycles. The third-order valence-corrected chi connectivity index (χ3v) is 4.46. The van der Waals surface area contributed by atoms with Crippen molar-refractivity contribution in [2.45, 2.75) is 46.0 Å². The Hall–Kier alpha value is -1.81. The minimum absolute atomic E-state index is 0.0167. The number of benzene rings is 2. The summed E-state index contributed by atoms with van der Waals surface area (Å²) in [6.07, 6.45) is 0. The Balaban J connectivity index is 2.09. The Labute approximate surface area is 158 Å². The van der Waals surface area contributed by atoms with E-state index >= 15 is 0 Å². The molecule has 0 heterocycles. The van der Waals surface area contributed by atoms with Crippen LogP contribution in [0.3, 0.4) is 0 Å². The van der Waals surface area contributed by atoms with E-state index in [1.807, 2.05) is 42.5 Å². The number of ether oxygens (including phenoxy) is 1.